The molecule has 0 atom stereocenters. The fourth-order valence-electron chi connectivity index (χ4n) is 6.35. The molecule has 4 heterocycles. The Hall–Kier alpha value is -5.37. The summed E-state index contributed by atoms with van der Waals surface area (Å²) < 4.78 is 139. The summed E-state index contributed by atoms with van der Waals surface area (Å²) in [7, 11) is -2.90. The lowest BCUT2D eigenvalue weighted by Crippen LogP contribution is -2.31. The molecule has 16 nitrogen and oxygen atoms in total. The normalized spacial score (nSPS) is 14.7. The first-order valence-electron chi connectivity index (χ1n) is 20.2. The van der Waals surface area contributed by atoms with Crippen LogP contribution in [-0.4, -0.2) is 88.9 Å². The molecule has 2 fully saturated rings. The number of nitrogens with zero attached hydrogens (tertiary/aromatic N) is 6. The number of alkyl halides is 6. The van der Waals surface area contributed by atoms with Crippen molar-refractivity contribution in [2.24, 2.45) is 10.8 Å². The maximum absolute atomic E-state index is 13.0. The van der Waals surface area contributed by atoms with E-state index in [4.69, 9.17) is 71.7 Å². The second kappa shape index (κ2) is 21.8. The maximum Gasteiger partial charge on any atom is 0.394 e. The number of pyridine rings is 2. The maximum atomic E-state index is 13.0. The van der Waals surface area contributed by atoms with Gasteiger partial charge in [-0.15, -0.1) is 10.2 Å². The van der Waals surface area contributed by atoms with Gasteiger partial charge < -0.3 is 14.6 Å². The van der Waals surface area contributed by atoms with Crippen LogP contribution in [0.3, 0.4) is 0 Å². The van der Waals surface area contributed by atoms with Crippen molar-refractivity contribution >= 4 is 88.0 Å². The minimum atomic E-state index is -4.26. The third kappa shape index (κ3) is 13.8. The zero-order chi connectivity index (χ0) is 52.2. The fraction of sp³-hybridized carbons (Fsp3) is 0.286. The summed E-state index contributed by atoms with van der Waals surface area (Å²) in [5, 5.41) is 16.6. The largest absolute Gasteiger partial charge is 0.478 e. The van der Waals surface area contributed by atoms with Gasteiger partial charge in [0.25, 0.3) is 25.0 Å². The quantitative estimate of drug-likeness (QED) is 0.0557. The lowest BCUT2D eigenvalue weighted by atomic mass is 10.0. The number of rotatable bonds is 15. The minimum absolute atomic E-state index is 0.0525. The van der Waals surface area contributed by atoms with E-state index in [0.29, 0.717) is 0 Å². The van der Waals surface area contributed by atoms with Gasteiger partial charge in [-0.1, -0.05) is 70.7 Å². The summed E-state index contributed by atoms with van der Waals surface area (Å²) in [5.41, 5.74) is -3.63. The number of ether oxygens (including phenoxy) is 2. The average molecular weight is 1140 g/mol. The average Bonchev–Trinajstić information content (AvgIpc) is 4.16. The third-order valence-electron chi connectivity index (χ3n) is 10.8. The molecule has 1 amide bonds. The molecule has 380 valence electrons. The molecule has 29 heteroatoms. The highest BCUT2D eigenvalue weighted by Crippen LogP contribution is 2.60. The number of aromatic nitrogens is 6. The molecule has 0 radical (unpaired) electrons. The number of benzene rings is 2. The molecule has 2 N–H and O–H groups in total. The number of carboxylic acid groups (broad SMARTS) is 1. The molecule has 0 spiro atoms. The summed E-state index contributed by atoms with van der Waals surface area (Å²) in [4.78, 5) is 31.0. The minimum Gasteiger partial charge on any atom is -0.478 e. The molecule has 2 aromatic carbocycles. The van der Waals surface area contributed by atoms with Crippen LogP contribution in [0.2, 0.25) is 20.4 Å². The summed E-state index contributed by atoms with van der Waals surface area (Å²) >= 11 is 23.3. The first-order chi connectivity index (χ1) is 33.2. The van der Waals surface area contributed by atoms with Crippen molar-refractivity contribution in [3.63, 3.8) is 0 Å². The Morgan fingerprint density at radius 2 is 1.04 bits per heavy atom. The van der Waals surface area contributed by atoms with Crippen LogP contribution in [0.5, 0.6) is 11.8 Å². The van der Waals surface area contributed by atoms with E-state index in [1.165, 1.54) is 88.5 Å². The predicted molar refractivity (Wildman–Crippen MR) is 246 cm³/mol. The van der Waals surface area contributed by atoms with Gasteiger partial charge in [0.2, 0.25) is 11.8 Å². The first-order valence-corrected chi connectivity index (χ1v) is 25.5. The highest BCUT2D eigenvalue weighted by Gasteiger charge is 2.63. The van der Waals surface area contributed by atoms with Crippen molar-refractivity contribution in [3.05, 3.63) is 129 Å². The Labute approximate surface area is 424 Å². The molecular weight excluding hydrogens is 1100 g/mol. The van der Waals surface area contributed by atoms with E-state index in [1.807, 2.05) is 4.72 Å². The van der Waals surface area contributed by atoms with Gasteiger partial charge in [0.1, 0.15) is 20.1 Å². The number of hydrogen-bond acceptors (Lipinski definition) is 12. The van der Waals surface area contributed by atoms with Gasteiger partial charge in [0, 0.05) is 35.2 Å². The van der Waals surface area contributed by atoms with Crippen LogP contribution in [0.15, 0.2) is 107 Å². The number of carboxylic acids is 1. The van der Waals surface area contributed by atoms with Crippen molar-refractivity contribution < 1.29 is 67.3 Å². The standard InChI is InChI=1S/C21H17Cl2F3N4O4S.C15H13ClF3N3O3.C6H4Cl2O2S/c22-14-3-1-2-4-15(14)35(32,33)29-19(31)13-5-6-16(27-18(13)23)30-11-7-17(28-30)34-12-10-20(8-9-20)21(24,25)26;16-12-9(13(23)24)1-2-10(20-12)22-7-3-11(21-22)25-8-6-14(4-5-14)15(17,18)19;7-5-3-1-2-4-6(5)11(8,9)10/h1-7,11H,8-10,12H2,(H,29,31);1-3,7H,4-6,8H2,(H,23,24);1-4H. The van der Waals surface area contributed by atoms with Crippen molar-refractivity contribution in [2.45, 2.75) is 60.7 Å². The molecule has 0 bridgehead atoms. The summed E-state index contributed by atoms with van der Waals surface area (Å²) in [5.74, 6) is -1.54. The van der Waals surface area contributed by atoms with E-state index in [-0.39, 0.29) is 116 Å². The van der Waals surface area contributed by atoms with E-state index in [1.54, 1.807) is 18.2 Å². The Kier molecular flexibility index (Phi) is 16.9. The van der Waals surface area contributed by atoms with Crippen LogP contribution < -0.4 is 14.2 Å². The lowest BCUT2D eigenvalue weighted by Gasteiger charge is -2.18. The monoisotopic (exact) mass is 1130 g/mol. The van der Waals surface area contributed by atoms with Crippen molar-refractivity contribution in [1.82, 2.24) is 34.3 Å². The van der Waals surface area contributed by atoms with Gasteiger partial charge in [-0.05, 0) is 87.1 Å². The highest BCUT2D eigenvalue weighted by atomic mass is 35.7. The van der Waals surface area contributed by atoms with Gasteiger partial charge in [0.15, 0.2) is 11.6 Å². The van der Waals surface area contributed by atoms with Crippen LogP contribution in [0, 0.1) is 10.8 Å². The van der Waals surface area contributed by atoms with Crippen LogP contribution in [0.4, 0.5) is 26.3 Å². The van der Waals surface area contributed by atoms with Gasteiger partial charge in [0.05, 0.1) is 45.2 Å². The smallest absolute Gasteiger partial charge is 0.394 e. The zero-order valence-electron chi connectivity index (χ0n) is 35.8. The molecule has 2 saturated carbocycles. The molecule has 0 aliphatic heterocycles. The van der Waals surface area contributed by atoms with E-state index >= 15 is 0 Å². The second-order valence-electron chi connectivity index (χ2n) is 15.5. The fourth-order valence-corrected chi connectivity index (χ4v) is 9.81. The van der Waals surface area contributed by atoms with E-state index in [9.17, 15) is 52.8 Å². The van der Waals surface area contributed by atoms with Gasteiger partial charge in [-0.25, -0.2) is 45.7 Å². The number of aromatic carboxylic acids is 1. The van der Waals surface area contributed by atoms with Crippen molar-refractivity contribution in [1.29, 1.82) is 0 Å². The highest BCUT2D eigenvalue weighted by molar-refractivity contribution is 8.13. The zero-order valence-corrected chi connectivity index (χ0v) is 41.2. The Morgan fingerprint density at radius 1 is 0.634 bits per heavy atom. The molecule has 0 saturated heterocycles. The van der Waals surface area contributed by atoms with Crippen molar-refractivity contribution in [2.75, 3.05) is 13.2 Å². The SMILES string of the molecule is O=C(NS(=O)(=O)c1ccccc1Cl)c1ccc(-n2ccc(OCCC3(C(F)(F)F)CC3)n2)nc1Cl.O=C(O)c1ccc(-n2ccc(OCCC3(C(F)(F)F)CC3)n2)nc1Cl.O=S(=O)(Cl)c1ccccc1Cl. The Morgan fingerprint density at radius 3 is 1.39 bits per heavy atom. The number of amides is 1. The molecular formula is C42H34Cl5F6N7O9S2. The molecule has 4 aromatic heterocycles. The summed E-state index contributed by atoms with van der Waals surface area (Å²) in [6.07, 6.45) is -5.34. The molecule has 2 aliphatic carbocycles. The van der Waals surface area contributed by atoms with E-state index < -0.39 is 54.1 Å². The molecule has 71 heavy (non-hydrogen) atoms. The first kappa shape index (κ1) is 55.0. The van der Waals surface area contributed by atoms with E-state index in [0.717, 1.165) is 0 Å². The van der Waals surface area contributed by atoms with E-state index in [2.05, 4.69) is 20.2 Å². The predicted octanol–water partition coefficient (Wildman–Crippen LogP) is 10.8. The topological polar surface area (TPSA) is 215 Å². The van der Waals surface area contributed by atoms with Gasteiger partial charge in [-0.3, -0.25) is 4.79 Å². The summed E-state index contributed by atoms with van der Waals surface area (Å²) in [6.45, 7) is -0.244. The number of carbonyl (C=O) groups is 2. The molecule has 0 unspecified atom stereocenters. The van der Waals surface area contributed by atoms with Gasteiger partial charge in [-0.2, -0.15) is 26.3 Å². The number of halogens is 11. The molecule has 2 aliphatic rings. The van der Waals surface area contributed by atoms with Crippen molar-refractivity contribution in [3.8, 4) is 23.4 Å². The van der Waals surface area contributed by atoms with Gasteiger partial charge >= 0.3 is 18.3 Å². The van der Waals surface area contributed by atoms with Crippen LogP contribution >= 0.6 is 57.1 Å². The van der Waals surface area contributed by atoms with Crippen LogP contribution in [0.1, 0.15) is 59.2 Å². The molecule has 6 aromatic rings. The second-order valence-corrected chi connectivity index (χ2v) is 21.2. The Balaban J connectivity index is 0.000000198. The molecule has 8 rings (SSSR count). The number of nitrogens with one attached hydrogen (secondary N) is 1. The Bertz CT molecular complexity index is 3150. The number of carbonyl (C=O) groups excluding carboxylic acids is 1. The van der Waals surface area contributed by atoms with Crippen LogP contribution in [-0.2, 0) is 19.1 Å². The number of sulfonamides is 1. The van der Waals surface area contributed by atoms with Crippen LogP contribution in [0.25, 0.3) is 11.6 Å². The summed E-state index contributed by atoms with van der Waals surface area (Å²) in [6, 6.07) is 19.9. The third-order valence-corrected chi connectivity index (χ3v) is 15.0. The number of hydrogen-bond donors (Lipinski definition) is 2. The lowest BCUT2D eigenvalue weighted by molar-refractivity contribution is -0.190.